The molecule has 0 bridgehead atoms. The molecule has 0 amide bonds. The molecule has 2 aromatic carbocycles. The number of aliphatic carboxylic acids is 1. The molecule has 10 heteroatoms. The number of carboxylic acid groups (broad SMARTS) is 1. The van der Waals surface area contributed by atoms with E-state index >= 15 is 0 Å². The predicted octanol–water partition coefficient (Wildman–Crippen LogP) is 4.58. The van der Waals surface area contributed by atoms with Gasteiger partial charge in [-0.15, -0.1) is 10.2 Å². The summed E-state index contributed by atoms with van der Waals surface area (Å²) in [7, 11) is 0. The lowest BCUT2D eigenvalue weighted by Gasteiger charge is -2.08. The Labute approximate surface area is 185 Å². The summed E-state index contributed by atoms with van der Waals surface area (Å²) in [6.45, 7) is 2.65. The Morgan fingerprint density at radius 2 is 1.77 bits per heavy atom. The van der Waals surface area contributed by atoms with Crippen molar-refractivity contribution in [3.05, 3.63) is 70.2 Å². The molecule has 3 aromatic rings. The molecule has 1 aliphatic rings. The van der Waals surface area contributed by atoms with E-state index in [2.05, 4.69) is 78.5 Å². The van der Waals surface area contributed by atoms with Crippen molar-refractivity contribution in [2.24, 2.45) is 0 Å². The Hall–Kier alpha value is -2.72. The highest BCUT2D eigenvalue weighted by Crippen LogP contribution is 2.28. The normalized spacial score (nSPS) is 12.8. The van der Waals surface area contributed by atoms with Gasteiger partial charge in [-0.1, -0.05) is 58.4 Å². The van der Waals surface area contributed by atoms with Crippen LogP contribution in [-0.2, 0) is 30.8 Å². The number of fused-ring (bicyclic) bond motifs is 1. The average Bonchev–Trinajstić information content (AvgIpc) is 3.34. The Morgan fingerprint density at radius 3 is 2.42 bits per heavy atom. The third kappa shape index (κ3) is 6.14. The Balaban J connectivity index is 0.000000339. The minimum absolute atomic E-state index is 0.763. The number of carboxylic acids is 1. The number of alkyl halides is 3. The van der Waals surface area contributed by atoms with E-state index in [-0.39, 0.29) is 0 Å². The SMILES string of the molecule is Brc1ccccc1-c1ccc(CNCc2nnc3n2CCC3)cc1.O=C(O)C(F)(F)F. The van der Waals surface area contributed by atoms with E-state index in [4.69, 9.17) is 9.90 Å². The van der Waals surface area contributed by atoms with Crippen molar-refractivity contribution < 1.29 is 23.1 Å². The van der Waals surface area contributed by atoms with Crippen LogP contribution in [0.4, 0.5) is 13.2 Å². The molecule has 0 spiro atoms. The number of carbonyl (C=O) groups is 1. The second kappa shape index (κ2) is 10.1. The zero-order chi connectivity index (χ0) is 22.4. The van der Waals surface area contributed by atoms with E-state index in [0.29, 0.717) is 0 Å². The van der Waals surface area contributed by atoms with E-state index < -0.39 is 12.1 Å². The average molecular weight is 497 g/mol. The summed E-state index contributed by atoms with van der Waals surface area (Å²) in [5, 5.41) is 19.1. The van der Waals surface area contributed by atoms with Crippen molar-refractivity contribution in [3.8, 4) is 11.1 Å². The molecule has 0 fully saturated rings. The largest absolute Gasteiger partial charge is 0.490 e. The lowest BCUT2D eigenvalue weighted by Crippen LogP contribution is -2.21. The molecule has 0 saturated heterocycles. The van der Waals surface area contributed by atoms with Crippen LogP contribution in [0.3, 0.4) is 0 Å². The molecule has 31 heavy (non-hydrogen) atoms. The van der Waals surface area contributed by atoms with Gasteiger partial charge in [-0.3, -0.25) is 0 Å². The third-order valence-corrected chi connectivity index (χ3v) is 5.37. The quantitative estimate of drug-likeness (QED) is 0.540. The minimum atomic E-state index is -5.08. The van der Waals surface area contributed by atoms with Crippen molar-refractivity contribution in [2.75, 3.05) is 0 Å². The van der Waals surface area contributed by atoms with Crippen LogP contribution < -0.4 is 5.32 Å². The van der Waals surface area contributed by atoms with Crippen LogP contribution in [0.5, 0.6) is 0 Å². The Kier molecular flexibility index (Phi) is 7.45. The van der Waals surface area contributed by atoms with Crippen LogP contribution in [0.2, 0.25) is 0 Å². The smallest absolute Gasteiger partial charge is 0.475 e. The molecule has 0 unspecified atom stereocenters. The molecule has 0 atom stereocenters. The number of hydrogen-bond acceptors (Lipinski definition) is 4. The minimum Gasteiger partial charge on any atom is -0.475 e. The van der Waals surface area contributed by atoms with Crippen molar-refractivity contribution in [1.82, 2.24) is 20.1 Å². The molecule has 0 radical (unpaired) electrons. The molecule has 164 valence electrons. The van der Waals surface area contributed by atoms with Gasteiger partial charge in [0.1, 0.15) is 11.6 Å². The Morgan fingerprint density at radius 1 is 1.10 bits per heavy atom. The maximum atomic E-state index is 10.6. The van der Waals surface area contributed by atoms with Crippen molar-refractivity contribution in [2.45, 2.75) is 38.7 Å². The van der Waals surface area contributed by atoms with Crippen LogP contribution in [0, 0.1) is 0 Å². The summed E-state index contributed by atoms with van der Waals surface area (Å²) in [4.78, 5) is 8.90. The number of benzene rings is 2. The van der Waals surface area contributed by atoms with Crippen LogP contribution >= 0.6 is 15.9 Å². The van der Waals surface area contributed by atoms with Gasteiger partial charge in [0.15, 0.2) is 0 Å². The van der Waals surface area contributed by atoms with E-state index in [1.54, 1.807) is 0 Å². The molecule has 0 aliphatic carbocycles. The summed E-state index contributed by atoms with van der Waals surface area (Å²) in [6, 6.07) is 17.0. The number of hydrogen-bond donors (Lipinski definition) is 2. The number of nitrogens with zero attached hydrogens (tertiary/aromatic N) is 3. The molecule has 1 aliphatic heterocycles. The van der Waals surface area contributed by atoms with E-state index in [1.807, 2.05) is 6.07 Å². The lowest BCUT2D eigenvalue weighted by molar-refractivity contribution is -0.192. The van der Waals surface area contributed by atoms with Crippen molar-refractivity contribution in [3.63, 3.8) is 0 Å². The fourth-order valence-electron chi connectivity index (χ4n) is 3.16. The monoisotopic (exact) mass is 496 g/mol. The van der Waals surface area contributed by atoms with E-state index in [9.17, 15) is 13.2 Å². The molecular weight excluding hydrogens is 477 g/mol. The first kappa shape index (κ1) is 23.0. The van der Waals surface area contributed by atoms with Gasteiger partial charge in [0.05, 0.1) is 6.54 Å². The topological polar surface area (TPSA) is 80.0 Å². The molecule has 4 rings (SSSR count). The van der Waals surface area contributed by atoms with Crippen LogP contribution in [0.1, 0.15) is 23.6 Å². The molecule has 2 heterocycles. The van der Waals surface area contributed by atoms with Gasteiger partial charge in [0, 0.05) is 24.0 Å². The maximum absolute atomic E-state index is 10.6. The molecule has 0 saturated carbocycles. The fraction of sp³-hybridized carbons (Fsp3) is 0.286. The molecular formula is C21H20BrF3N4O2. The van der Waals surface area contributed by atoms with Crippen molar-refractivity contribution in [1.29, 1.82) is 0 Å². The van der Waals surface area contributed by atoms with Gasteiger partial charge in [-0.05, 0) is 29.2 Å². The van der Waals surface area contributed by atoms with Gasteiger partial charge in [-0.25, -0.2) is 4.79 Å². The predicted molar refractivity (Wildman–Crippen MR) is 112 cm³/mol. The number of halogens is 4. The zero-order valence-corrected chi connectivity index (χ0v) is 17.9. The Bertz CT molecular complexity index is 1040. The first-order valence-corrected chi connectivity index (χ1v) is 10.3. The highest BCUT2D eigenvalue weighted by molar-refractivity contribution is 9.10. The summed E-state index contributed by atoms with van der Waals surface area (Å²) in [6.07, 6.45) is -2.84. The van der Waals surface area contributed by atoms with Gasteiger partial charge in [0.2, 0.25) is 0 Å². The van der Waals surface area contributed by atoms with Gasteiger partial charge in [-0.2, -0.15) is 13.2 Å². The van der Waals surface area contributed by atoms with Gasteiger partial charge >= 0.3 is 12.1 Å². The van der Waals surface area contributed by atoms with E-state index in [1.165, 1.54) is 23.1 Å². The van der Waals surface area contributed by atoms with Gasteiger partial charge < -0.3 is 15.0 Å². The second-order valence-electron chi connectivity index (χ2n) is 6.87. The van der Waals surface area contributed by atoms with Crippen LogP contribution in [0.15, 0.2) is 53.0 Å². The summed E-state index contributed by atoms with van der Waals surface area (Å²) < 4.78 is 35.1. The highest BCUT2D eigenvalue weighted by Gasteiger charge is 2.38. The number of nitrogens with one attached hydrogen (secondary N) is 1. The van der Waals surface area contributed by atoms with Gasteiger partial charge in [0.25, 0.3) is 0 Å². The third-order valence-electron chi connectivity index (χ3n) is 4.68. The first-order valence-electron chi connectivity index (χ1n) is 9.51. The highest BCUT2D eigenvalue weighted by atomic mass is 79.9. The molecule has 1 aromatic heterocycles. The second-order valence-corrected chi connectivity index (χ2v) is 7.73. The van der Waals surface area contributed by atoms with E-state index in [0.717, 1.165) is 42.2 Å². The summed E-state index contributed by atoms with van der Waals surface area (Å²) in [5.74, 6) is -0.579. The number of rotatable bonds is 5. The lowest BCUT2D eigenvalue weighted by atomic mass is 10.0. The maximum Gasteiger partial charge on any atom is 0.490 e. The standard InChI is InChI=1S/C19H19BrN4.C2HF3O2/c20-17-5-2-1-4-16(17)15-9-7-14(8-10-15)12-21-13-19-23-22-18-6-3-11-24(18)19;3-2(4,5)1(6)7/h1-2,4-5,7-10,21H,3,6,11-13H2;(H,6,7). The summed E-state index contributed by atoms with van der Waals surface area (Å²) >= 11 is 3.61. The number of aromatic nitrogens is 3. The first-order chi connectivity index (χ1) is 14.8. The summed E-state index contributed by atoms with van der Waals surface area (Å²) in [5.41, 5.74) is 3.71. The van der Waals surface area contributed by atoms with Crippen molar-refractivity contribution >= 4 is 21.9 Å². The zero-order valence-electron chi connectivity index (χ0n) is 16.4. The van der Waals surface area contributed by atoms with Crippen LogP contribution in [0.25, 0.3) is 11.1 Å². The fourth-order valence-corrected chi connectivity index (χ4v) is 3.67. The number of aryl methyl sites for hydroxylation is 1. The molecule has 6 nitrogen and oxygen atoms in total. The van der Waals surface area contributed by atoms with Crippen LogP contribution in [-0.4, -0.2) is 32.0 Å². The molecule has 2 N–H and O–H groups in total.